The van der Waals surface area contributed by atoms with Crippen LogP contribution in [0.5, 0.6) is 0 Å². The Hall–Kier alpha value is -0.900. The van der Waals surface area contributed by atoms with Gasteiger partial charge < -0.3 is 4.74 Å². The summed E-state index contributed by atoms with van der Waals surface area (Å²) < 4.78 is 6.27. The largest absolute Gasteiger partial charge is 0.481 e. The zero-order valence-corrected chi connectivity index (χ0v) is 8.84. The van der Waals surface area contributed by atoms with E-state index in [0.29, 0.717) is 6.61 Å². The average molecular weight is 241 g/mol. The number of halogens is 1. The van der Waals surface area contributed by atoms with Gasteiger partial charge in [0.2, 0.25) is 0 Å². The Labute approximate surface area is 85.0 Å². The fourth-order valence-electron chi connectivity index (χ4n) is 1.26. The second-order valence-electron chi connectivity index (χ2n) is 2.73. The lowest BCUT2D eigenvalue weighted by Gasteiger charge is -1.98. The molecular weight excluding hydrogens is 232 g/mol. The molecule has 2 rings (SSSR count). The summed E-state index contributed by atoms with van der Waals surface area (Å²) in [6.45, 7) is 2.61. The first-order chi connectivity index (χ1) is 6.29. The number of hydrogen-bond donors (Lipinski definition) is 0. The SMILES string of the molecule is CCOC1=Nc2cc(Br)cnc2C1. The molecule has 0 fully saturated rings. The van der Waals surface area contributed by atoms with Crippen molar-refractivity contribution in [1.82, 2.24) is 4.98 Å². The highest BCUT2D eigenvalue weighted by Crippen LogP contribution is 2.27. The van der Waals surface area contributed by atoms with E-state index in [-0.39, 0.29) is 0 Å². The molecule has 0 radical (unpaired) electrons. The van der Waals surface area contributed by atoms with Crippen molar-refractivity contribution in [2.75, 3.05) is 6.61 Å². The fourth-order valence-corrected chi connectivity index (χ4v) is 1.58. The van der Waals surface area contributed by atoms with Crippen LogP contribution < -0.4 is 0 Å². The Balaban J connectivity index is 2.27. The predicted molar refractivity (Wildman–Crippen MR) is 54.4 cm³/mol. The lowest BCUT2D eigenvalue weighted by atomic mass is 10.3. The lowest BCUT2D eigenvalue weighted by Crippen LogP contribution is -2.03. The minimum atomic E-state index is 0.661. The molecule has 2 heterocycles. The Bertz CT molecular complexity index is 363. The van der Waals surface area contributed by atoms with Gasteiger partial charge in [-0.05, 0) is 28.9 Å². The van der Waals surface area contributed by atoms with Crippen molar-refractivity contribution >= 4 is 27.5 Å². The van der Waals surface area contributed by atoms with E-state index in [9.17, 15) is 0 Å². The third-order valence-corrected chi connectivity index (χ3v) is 2.22. The van der Waals surface area contributed by atoms with Crippen LogP contribution in [0.4, 0.5) is 5.69 Å². The van der Waals surface area contributed by atoms with Crippen molar-refractivity contribution in [3.05, 3.63) is 22.4 Å². The Morgan fingerprint density at radius 2 is 2.46 bits per heavy atom. The van der Waals surface area contributed by atoms with Gasteiger partial charge in [0.25, 0.3) is 0 Å². The van der Waals surface area contributed by atoms with E-state index in [4.69, 9.17) is 4.74 Å². The summed E-state index contributed by atoms with van der Waals surface area (Å²) >= 11 is 3.35. The van der Waals surface area contributed by atoms with E-state index < -0.39 is 0 Å². The van der Waals surface area contributed by atoms with E-state index in [1.54, 1.807) is 6.20 Å². The van der Waals surface area contributed by atoms with Crippen molar-refractivity contribution in [2.45, 2.75) is 13.3 Å². The number of aromatic nitrogens is 1. The summed E-state index contributed by atoms with van der Waals surface area (Å²) in [6.07, 6.45) is 2.50. The van der Waals surface area contributed by atoms with Crippen LogP contribution in [0.2, 0.25) is 0 Å². The quantitative estimate of drug-likeness (QED) is 0.756. The summed E-state index contributed by atoms with van der Waals surface area (Å²) in [5.41, 5.74) is 1.91. The number of nitrogens with zero attached hydrogens (tertiary/aromatic N) is 2. The number of aliphatic imine (C=N–C) groups is 1. The molecule has 3 nitrogen and oxygen atoms in total. The van der Waals surface area contributed by atoms with Crippen LogP contribution in [-0.2, 0) is 11.2 Å². The standard InChI is InChI=1S/C9H9BrN2O/c1-2-13-9-4-7-8(12-9)3-6(10)5-11-7/h3,5H,2,4H2,1H3. The fraction of sp³-hybridized carbons (Fsp3) is 0.333. The molecule has 0 amide bonds. The van der Waals surface area contributed by atoms with Crippen LogP contribution >= 0.6 is 15.9 Å². The highest BCUT2D eigenvalue weighted by Gasteiger charge is 2.16. The molecule has 1 aromatic heterocycles. The van der Waals surface area contributed by atoms with E-state index in [0.717, 1.165) is 28.2 Å². The molecule has 68 valence electrons. The van der Waals surface area contributed by atoms with Gasteiger partial charge in [0.15, 0.2) is 5.90 Å². The summed E-state index contributed by atoms with van der Waals surface area (Å²) in [5.74, 6) is 0.767. The summed E-state index contributed by atoms with van der Waals surface area (Å²) in [5, 5.41) is 0. The number of fused-ring (bicyclic) bond motifs is 1. The van der Waals surface area contributed by atoms with Gasteiger partial charge in [0, 0.05) is 10.7 Å². The second kappa shape index (κ2) is 3.46. The number of pyridine rings is 1. The molecule has 0 saturated carbocycles. The minimum absolute atomic E-state index is 0.661. The zero-order valence-electron chi connectivity index (χ0n) is 7.25. The van der Waals surface area contributed by atoms with E-state index in [2.05, 4.69) is 25.9 Å². The van der Waals surface area contributed by atoms with Crippen LogP contribution in [0.1, 0.15) is 12.6 Å². The van der Waals surface area contributed by atoms with Gasteiger partial charge in [0.05, 0.1) is 24.4 Å². The van der Waals surface area contributed by atoms with Crippen LogP contribution in [0.25, 0.3) is 0 Å². The third-order valence-electron chi connectivity index (χ3n) is 1.79. The predicted octanol–water partition coefficient (Wildman–Crippen LogP) is 2.47. The highest BCUT2D eigenvalue weighted by molar-refractivity contribution is 9.10. The van der Waals surface area contributed by atoms with Crippen LogP contribution in [0, 0.1) is 0 Å². The first kappa shape index (κ1) is 8.69. The topological polar surface area (TPSA) is 34.5 Å². The molecule has 13 heavy (non-hydrogen) atoms. The van der Waals surface area contributed by atoms with Gasteiger partial charge in [-0.15, -0.1) is 0 Å². The van der Waals surface area contributed by atoms with Crippen LogP contribution in [0.3, 0.4) is 0 Å². The highest BCUT2D eigenvalue weighted by atomic mass is 79.9. The first-order valence-electron chi connectivity index (χ1n) is 4.14. The van der Waals surface area contributed by atoms with Gasteiger partial charge in [-0.25, -0.2) is 4.99 Å². The van der Waals surface area contributed by atoms with Crippen LogP contribution in [0.15, 0.2) is 21.7 Å². The molecule has 0 unspecified atom stereocenters. The third kappa shape index (κ3) is 1.72. The molecular formula is C9H9BrN2O. The monoisotopic (exact) mass is 240 g/mol. The van der Waals surface area contributed by atoms with Crippen molar-refractivity contribution < 1.29 is 4.74 Å². The maximum Gasteiger partial charge on any atom is 0.194 e. The Kier molecular flexibility index (Phi) is 2.31. The minimum Gasteiger partial charge on any atom is -0.481 e. The molecule has 1 aliphatic heterocycles. The molecule has 0 spiro atoms. The smallest absolute Gasteiger partial charge is 0.194 e. The molecule has 1 aromatic rings. The van der Waals surface area contributed by atoms with Gasteiger partial charge in [0.1, 0.15) is 0 Å². The van der Waals surface area contributed by atoms with Crippen molar-refractivity contribution in [3.8, 4) is 0 Å². The second-order valence-corrected chi connectivity index (χ2v) is 3.65. The van der Waals surface area contributed by atoms with Gasteiger partial charge >= 0.3 is 0 Å². The van der Waals surface area contributed by atoms with E-state index in [1.165, 1.54) is 0 Å². The molecule has 1 aliphatic rings. The number of rotatable bonds is 1. The normalized spacial score (nSPS) is 13.8. The summed E-state index contributed by atoms with van der Waals surface area (Å²) in [4.78, 5) is 8.55. The van der Waals surface area contributed by atoms with Crippen molar-refractivity contribution in [2.24, 2.45) is 4.99 Å². The number of hydrogen-bond acceptors (Lipinski definition) is 3. The molecule has 0 aromatic carbocycles. The Morgan fingerprint density at radius 1 is 1.62 bits per heavy atom. The molecule has 4 heteroatoms. The molecule has 0 atom stereocenters. The first-order valence-corrected chi connectivity index (χ1v) is 4.93. The van der Waals surface area contributed by atoms with E-state index in [1.807, 2.05) is 13.0 Å². The maximum absolute atomic E-state index is 5.32. The number of ether oxygens (including phenoxy) is 1. The maximum atomic E-state index is 5.32. The van der Waals surface area contributed by atoms with Crippen LogP contribution in [-0.4, -0.2) is 17.5 Å². The van der Waals surface area contributed by atoms with Gasteiger partial charge in [-0.2, -0.15) is 0 Å². The molecule has 0 N–H and O–H groups in total. The lowest BCUT2D eigenvalue weighted by molar-refractivity contribution is 0.322. The average Bonchev–Trinajstić information content (AvgIpc) is 2.46. The zero-order chi connectivity index (χ0) is 9.26. The van der Waals surface area contributed by atoms with Gasteiger partial charge in [-0.3, -0.25) is 4.98 Å². The summed E-state index contributed by atoms with van der Waals surface area (Å²) in [6, 6.07) is 1.95. The van der Waals surface area contributed by atoms with Crippen molar-refractivity contribution in [1.29, 1.82) is 0 Å². The van der Waals surface area contributed by atoms with E-state index >= 15 is 0 Å². The Morgan fingerprint density at radius 3 is 3.23 bits per heavy atom. The van der Waals surface area contributed by atoms with Gasteiger partial charge in [-0.1, -0.05) is 0 Å². The molecule has 0 aliphatic carbocycles. The molecule has 0 saturated heterocycles. The molecule has 0 bridgehead atoms. The summed E-state index contributed by atoms with van der Waals surface area (Å²) in [7, 11) is 0. The van der Waals surface area contributed by atoms with Crippen molar-refractivity contribution in [3.63, 3.8) is 0 Å².